The molecule has 0 aliphatic carbocycles. The van der Waals surface area contributed by atoms with Gasteiger partial charge in [-0.1, -0.05) is 42.7 Å². The van der Waals surface area contributed by atoms with Crippen LogP contribution in [0.3, 0.4) is 0 Å². The summed E-state index contributed by atoms with van der Waals surface area (Å²) in [5.41, 5.74) is 2.85. The van der Waals surface area contributed by atoms with Gasteiger partial charge in [-0.3, -0.25) is 4.90 Å². The molecule has 1 aromatic rings. The Morgan fingerprint density at radius 1 is 1.04 bits per heavy atom. The second-order valence-electron chi connectivity index (χ2n) is 7.49. The number of piperazine rings is 1. The normalized spacial score (nSPS) is 25.9. The molecule has 0 bridgehead atoms. The van der Waals surface area contributed by atoms with Crippen molar-refractivity contribution in [3.8, 4) is 0 Å². The minimum atomic E-state index is 0.540. The van der Waals surface area contributed by atoms with Crippen molar-refractivity contribution in [2.75, 3.05) is 39.3 Å². The van der Waals surface area contributed by atoms with E-state index < -0.39 is 0 Å². The van der Waals surface area contributed by atoms with Crippen LogP contribution in [0.1, 0.15) is 49.8 Å². The van der Waals surface area contributed by atoms with Crippen LogP contribution in [0, 0.1) is 6.92 Å². The van der Waals surface area contributed by atoms with E-state index in [0.29, 0.717) is 12.1 Å². The lowest BCUT2D eigenvalue weighted by atomic mass is 10.0. The van der Waals surface area contributed by atoms with Gasteiger partial charge in [0.25, 0.3) is 0 Å². The van der Waals surface area contributed by atoms with Crippen molar-refractivity contribution in [3.05, 3.63) is 35.4 Å². The van der Waals surface area contributed by atoms with E-state index in [9.17, 15) is 0 Å². The zero-order valence-corrected chi connectivity index (χ0v) is 14.9. The van der Waals surface area contributed by atoms with Gasteiger partial charge in [-0.25, -0.2) is 0 Å². The van der Waals surface area contributed by atoms with Gasteiger partial charge in [-0.2, -0.15) is 0 Å². The van der Waals surface area contributed by atoms with Gasteiger partial charge in [0.15, 0.2) is 0 Å². The van der Waals surface area contributed by atoms with Crippen LogP contribution in [0.25, 0.3) is 0 Å². The Bertz CT molecular complexity index is 462. The van der Waals surface area contributed by atoms with Gasteiger partial charge in [-0.05, 0) is 45.3 Å². The molecule has 2 saturated heterocycles. The molecule has 23 heavy (non-hydrogen) atoms. The van der Waals surface area contributed by atoms with E-state index in [-0.39, 0.29) is 0 Å². The lowest BCUT2D eigenvalue weighted by Crippen LogP contribution is -2.52. The Kier molecular flexibility index (Phi) is 6.09. The lowest BCUT2D eigenvalue weighted by Gasteiger charge is -2.40. The lowest BCUT2D eigenvalue weighted by molar-refractivity contribution is 0.110. The van der Waals surface area contributed by atoms with E-state index in [0.717, 1.165) is 19.6 Å². The molecule has 0 spiro atoms. The Hall–Kier alpha value is -0.900. The quantitative estimate of drug-likeness (QED) is 0.920. The van der Waals surface area contributed by atoms with Crippen molar-refractivity contribution >= 4 is 0 Å². The molecule has 0 amide bonds. The fourth-order valence-electron chi connectivity index (χ4n) is 4.03. The summed E-state index contributed by atoms with van der Waals surface area (Å²) >= 11 is 0. The molecular weight excluding hydrogens is 282 g/mol. The fourth-order valence-corrected chi connectivity index (χ4v) is 4.03. The average molecular weight is 316 g/mol. The topological polar surface area (TPSA) is 18.5 Å². The number of nitrogens with one attached hydrogen (secondary N) is 1. The average Bonchev–Trinajstić information content (AvgIpc) is 2.82. The summed E-state index contributed by atoms with van der Waals surface area (Å²) in [5.74, 6) is 0. The summed E-state index contributed by atoms with van der Waals surface area (Å²) in [6.45, 7) is 11.7. The van der Waals surface area contributed by atoms with Gasteiger partial charge in [-0.15, -0.1) is 0 Å². The van der Waals surface area contributed by atoms with Crippen molar-refractivity contribution in [3.63, 3.8) is 0 Å². The summed E-state index contributed by atoms with van der Waals surface area (Å²) < 4.78 is 0. The van der Waals surface area contributed by atoms with Crippen LogP contribution in [0.2, 0.25) is 0 Å². The third-order valence-electron chi connectivity index (χ3n) is 5.43. The highest BCUT2D eigenvalue weighted by Gasteiger charge is 2.26. The summed E-state index contributed by atoms with van der Waals surface area (Å²) in [7, 11) is 0. The molecule has 2 fully saturated rings. The summed E-state index contributed by atoms with van der Waals surface area (Å²) in [4.78, 5) is 5.42. The first-order chi connectivity index (χ1) is 11.2. The van der Waals surface area contributed by atoms with Gasteiger partial charge in [0.2, 0.25) is 0 Å². The predicted octanol–water partition coefficient (Wildman–Crippen LogP) is 3.21. The minimum absolute atomic E-state index is 0.540. The number of hydrogen-bond donors (Lipinski definition) is 1. The second-order valence-corrected chi connectivity index (χ2v) is 7.49. The van der Waals surface area contributed by atoms with Crippen LogP contribution in [0.4, 0.5) is 0 Å². The number of aryl methyl sites for hydroxylation is 1. The molecule has 2 aliphatic heterocycles. The SMILES string of the molecule is Cc1ccc(C(CN2CCCCCC2)N2CCNC(C)C2)cc1. The highest BCUT2D eigenvalue weighted by molar-refractivity contribution is 5.24. The van der Waals surface area contributed by atoms with Gasteiger partial charge >= 0.3 is 0 Å². The Morgan fingerprint density at radius 2 is 1.74 bits per heavy atom. The van der Waals surface area contributed by atoms with Crippen molar-refractivity contribution in [2.45, 2.75) is 51.6 Å². The molecule has 3 nitrogen and oxygen atoms in total. The van der Waals surface area contributed by atoms with Crippen molar-refractivity contribution in [1.29, 1.82) is 0 Å². The summed E-state index contributed by atoms with van der Waals surface area (Å²) in [5, 5.41) is 3.59. The maximum atomic E-state index is 3.59. The number of rotatable bonds is 4. The standard InChI is InChI=1S/C20H33N3/c1-17-7-9-19(10-8-17)20(23-14-11-21-18(2)15-23)16-22-12-5-3-4-6-13-22/h7-10,18,20-21H,3-6,11-16H2,1-2H3. The van der Waals surface area contributed by atoms with E-state index in [1.807, 2.05) is 0 Å². The molecule has 2 atom stereocenters. The molecule has 2 aliphatic rings. The van der Waals surface area contributed by atoms with Gasteiger partial charge in [0.1, 0.15) is 0 Å². The van der Waals surface area contributed by atoms with Crippen LogP contribution < -0.4 is 5.32 Å². The van der Waals surface area contributed by atoms with Crippen LogP contribution in [-0.2, 0) is 0 Å². The van der Waals surface area contributed by atoms with Crippen LogP contribution >= 0.6 is 0 Å². The molecule has 1 aromatic carbocycles. The molecule has 128 valence electrons. The first kappa shape index (κ1) is 16.9. The van der Waals surface area contributed by atoms with E-state index in [1.54, 1.807) is 0 Å². The van der Waals surface area contributed by atoms with Crippen molar-refractivity contribution in [1.82, 2.24) is 15.1 Å². The largest absolute Gasteiger partial charge is 0.312 e. The Morgan fingerprint density at radius 3 is 2.39 bits per heavy atom. The maximum Gasteiger partial charge on any atom is 0.0476 e. The fraction of sp³-hybridized carbons (Fsp3) is 0.700. The van der Waals surface area contributed by atoms with Crippen LogP contribution in [0.5, 0.6) is 0 Å². The highest BCUT2D eigenvalue weighted by Crippen LogP contribution is 2.25. The Balaban J connectivity index is 1.75. The molecule has 2 unspecified atom stereocenters. The molecular formula is C20H33N3. The van der Waals surface area contributed by atoms with Crippen molar-refractivity contribution < 1.29 is 0 Å². The van der Waals surface area contributed by atoms with Gasteiger partial charge in [0.05, 0.1) is 0 Å². The number of hydrogen-bond acceptors (Lipinski definition) is 3. The summed E-state index contributed by atoms with van der Waals surface area (Å²) in [6.07, 6.45) is 5.57. The third kappa shape index (κ3) is 4.79. The van der Waals surface area contributed by atoms with Crippen molar-refractivity contribution in [2.24, 2.45) is 0 Å². The van der Waals surface area contributed by atoms with Crippen LogP contribution in [-0.4, -0.2) is 55.1 Å². The molecule has 0 saturated carbocycles. The Labute approximate surface area is 142 Å². The van der Waals surface area contributed by atoms with Gasteiger partial charge in [0, 0.05) is 38.3 Å². The minimum Gasteiger partial charge on any atom is -0.312 e. The monoisotopic (exact) mass is 315 g/mol. The molecule has 3 heteroatoms. The van der Waals surface area contributed by atoms with Gasteiger partial charge < -0.3 is 10.2 Å². The van der Waals surface area contributed by atoms with E-state index in [2.05, 4.69) is 53.2 Å². The number of likely N-dealkylation sites (tertiary alicyclic amines) is 1. The molecule has 1 N–H and O–H groups in total. The number of benzene rings is 1. The summed E-state index contributed by atoms with van der Waals surface area (Å²) in [6, 6.07) is 10.4. The molecule has 2 heterocycles. The highest BCUT2D eigenvalue weighted by atomic mass is 15.3. The third-order valence-corrected chi connectivity index (χ3v) is 5.43. The number of nitrogens with zero attached hydrogens (tertiary/aromatic N) is 2. The zero-order chi connectivity index (χ0) is 16.1. The maximum absolute atomic E-state index is 3.59. The second kappa shape index (κ2) is 8.27. The molecule has 0 aromatic heterocycles. The van der Waals surface area contributed by atoms with E-state index in [1.165, 1.54) is 56.4 Å². The van der Waals surface area contributed by atoms with E-state index in [4.69, 9.17) is 0 Å². The molecule has 0 radical (unpaired) electrons. The molecule has 3 rings (SSSR count). The zero-order valence-electron chi connectivity index (χ0n) is 14.9. The van der Waals surface area contributed by atoms with Crippen LogP contribution in [0.15, 0.2) is 24.3 Å². The van der Waals surface area contributed by atoms with E-state index >= 15 is 0 Å². The predicted molar refractivity (Wildman–Crippen MR) is 97.9 cm³/mol. The smallest absolute Gasteiger partial charge is 0.0476 e. The first-order valence-corrected chi connectivity index (χ1v) is 9.49. The first-order valence-electron chi connectivity index (χ1n) is 9.49.